The topological polar surface area (TPSA) is 69.4 Å². The molecule has 1 aromatic carbocycles. The van der Waals surface area contributed by atoms with E-state index in [0.29, 0.717) is 18.3 Å². The lowest BCUT2D eigenvalue weighted by Gasteiger charge is -2.20. The fourth-order valence-corrected chi connectivity index (χ4v) is 3.76. The van der Waals surface area contributed by atoms with Crippen molar-refractivity contribution in [2.75, 3.05) is 0 Å². The van der Waals surface area contributed by atoms with E-state index in [-0.39, 0.29) is 11.3 Å². The van der Waals surface area contributed by atoms with E-state index in [1.54, 1.807) is 12.1 Å². The Morgan fingerprint density at radius 2 is 1.71 bits per heavy atom. The quantitative estimate of drug-likeness (QED) is 0.221. The lowest BCUT2D eigenvalue weighted by atomic mass is 9.88. The van der Waals surface area contributed by atoms with E-state index in [9.17, 15) is 14.9 Å². The number of carbonyl (C=O) groups excluding carboxylic acids is 1. The average molecular weight is 426 g/mol. The molecule has 0 unspecified atom stereocenters. The molecule has 0 N–H and O–H groups in total. The number of benzene rings is 1. The number of carbonyl (C=O) groups is 1. The van der Waals surface area contributed by atoms with E-state index in [1.807, 2.05) is 6.08 Å². The summed E-state index contributed by atoms with van der Waals surface area (Å²) in [4.78, 5) is 23.5. The maximum atomic E-state index is 12.8. The van der Waals surface area contributed by atoms with Gasteiger partial charge in [-0.05, 0) is 76.4 Å². The smallest absolute Gasteiger partial charge is 0.345 e. The van der Waals surface area contributed by atoms with Gasteiger partial charge in [0.15, 0.2) is 0 Å². The molecule has 0 fully saturated rings. The van der Waals surface area contributed by atoms with Crippen LogP contribution in [0, 0.1) is 22.0 Å². The Hall–Kier alpha value is -2.69. The number of hydrogen-bond donors (Lipinski definition) is 0. The minimum atomic E-state index is -0.649. The molecule has 31 heavy (non-hydrogen) atoms. The molecule has 1 aliphatic rings. The van der Waals surface area contributed by atoms with Gasteiger partial charge in [0.05, 0.1) is 4.92 Å². The van der Waals surface area contributed by atoms with Crippen molar-refractivity contribution in [3.63, 3.8) is 0 Å². The molecule has 0 heterocycles. The maximum absolute atomic E-state index is 12.8. The zero-order chi connectivity index (χ0) is 22.8. The summed E-state index contributed by atoms with van der Waals surface area (Å²) < 4.78 is 5.74. The summed E-state index contributed by atoms with van der Waals surface area (Å²) in [5.74, 6) is 0.213. The van der Waals surface area contributed by atoms with Crippen LogP contribution in [0.1, 0.15) is 76.6 Å². The highest BCUT2D eigenvalue weighted by Gasteiger charge is 2.23. The molecular formula is C26H35NO4. The second kappa shape index (κ2) is 12.2. The van der Waals surface area contributed by atoms with Crippen molar-refractivity contribution in [1.82, 2.24) is 0 Å². The van der Waals surface area contributed by atoms with Crippen molar-refractivity contribution in [3.05, 3.63) is 75.4 Å². The molecule has 2 rings (SSSR count). The van der Waals surface area contributed by atoms with Crippen LogP contribution in [0.4, 0.5) is 5.69 Å². The number of nitrogens with zero attached hydrogens (tertiary/aromatic N) is 1. The molecule has 0 saturated carbocycles. The first-order chi connectivity index (χ1) is 14.8. The normalized spacial score (nSPS) is 25.5. The van der Waals surface area contributed by atoms with Crippen molar-refractivity contribution in [2.45, 2.75) is 72.3 Å². The molecule has 0 bridgehead atoms. The van der Waals surface area contributed by atoms with Crippen LogP contribution >= 0.6 is 0 Å². The molecule has 5 heteroatoms. The summed E-state index contributed by atoms with van der Waals surface area (Å²) in [5, 5.41) is 11.3. The molecule has 0 saturated heterocycles. The van der Waals surface area contributed by atoms with Gasteiger partial charge >= 0.3 is 5.97 Å². The maximum Gasteiger partial charge on any atom is 0.345 e. The van der Waals surface area contributed by atoms with E-state index >= 15 is 0 Å². The van der Waals surface area contributed by atoms with Crippen molar-refractivity contribution < 1.29 is 14.5 Å². The molecule has 0 radical (unpaired) electrons. The Morgan fingerprint density at radius 1 is 1.03 bits per heavy atom. The number of allylic oxidation sites excluding steroid dienone is 5. The molecule has 0 aromatic heterocycles. The number of esters is 1. The first-order valence-corrected chi connectivity index (χ1v) is 11.2. The summed E-state index contributed by atoms with van der Waals surface area (Å²) in [6.07, 6.45) is 13.9. The van der Waals surface area contributed by atoms with Crippen LogP contribution in [0.2, 0.25) is 0 Å². The minimum Gasteiger partial charge on any atom is -0.454 e. The molecule has 5 nitrogen and oxygen atoms in total. The summed E-state index contributed by atoms with van der Waals surface area (Å²) in [6, 6.07) is 5.94. The van der Waals surface area contributed by atoms with Crippen molar-refractivity contribution in [3.8, 4) is 0 Å². The Labute approximate surface area is 186 Å². The van der Waals surface area contributed by atoms with Crippen LogP contribution in [0.25, 0.3) is 0 Å². The van der Waals surface area contributed by atoms with E-state index < -0.39 is 17.0 Å². The predicted octanol–water partition coefficient (Wildman–Crippen LogP) is 7.20. The van der Waals surface area contributed by atoms with Gasteiger partial charge in [-0.25, -0.2) is 4.79 Å². The third kappa shape index (κ3) is 8.16. The van der Waals surface area contributed by atoms with Gasteiger partial charge in [-0.1, -0.05) is 55.4 Å². The molecule has 2 atom stereocenters. The van der Waals surface area contributed by atoms with Gasteiger partial charge in [0.25, 0.3) is 5.69 Å². The van der Waals surface area contributed by atoms with E-state index in [1.165, 1.54) is 23.3 Å². The highest BCUT2D eigenvalue weighted by Crippen LogP contribution is 2.25. The Kier molecular flexibility index (Phi) is 9.70. The van der Waals surface area contributed by atoms with Gasteiger partial charge in [-0.15, -0.1) is 0 Å². The van der Waals surface area contributed by atoms with Gasteiger partial charge in [-0.2, -0.15) is 0 Å². The number of para-hydroxylation sites is 1. The monoisotopic (exact) mass is 425 g/mol. The van der Waals surface area contributed by atoms with Crippen molar-refractivity contribution in [1.29, 1.82) is 0 Å². The highest BCUT2D eigenvalue weighted by atomic mass is 16.6. The first kappa shape index (κ1) is 24.6. The Balaban J connectivity index is 2.24. The molecular weight excluding hydrogens is 390 g/mol. The summed E-state index contributed by atoms with van der Waals surface area (Å²) >= 11 is 0. The lowest BCUT2D eigenvalue weighted by molar-refractivity contribution is -0.385. The highest BCUT2D eigenvalue weighted by molar-refractivity contribution is 5.94. The number of ether oxygens (including phenoxy) is 1. The van der Waals surface area contributed by atoms with Crippen molar-refractivity contribution in [2.24, 2.45) is 11.8 Å². The second-order valence-electron chi connectivity index (χ2n) is 8.77. The lowest BCUT2D eigenvalue weighted by Crippen LogP contribution is -2.18. The van der Waals surface area contributed by atoms with Crippen LogP contribution in [-0.4, -0.2) is 17.0 Å². The molecule has 1 aliphatic carbocycles. The van der Waals surface area contributed by atoms with Gasteiger partial charge in [0.1, 0.15) is 11.7 Å². The molecule has 0 aliphatic heterocycles. The second-order valence-corrected chi connectivity index (χ2v) is 8.77. The van der Waals surface area contributed by atoms with Gasteiger partial charge < -0.3 is 4.74 Å². The summed E-state index contributed by atoms with van der Waals surface area (Å²) in [6.45, 7) is 8.74. The zero-order valence-corrected chi connectivity index (χ0v) is 19.2. The third-order valence-corrected chi connectivity index (χ3v) is 5.86. The Morgan fingerprint density at radius 3 is 2.42 bits per heavy atom. The number of nitro benzene ring substituents is 1. The summed E-state index contributed by atoms with van der Waals surface area (Å²) in [5.41, 5.74) is 2.51. The third-order valence-electron chi connectivity index (χ3n) is 5.86. The average Bonchev–Trinajstić information content (AvgIpc) is 2.72. The number of hydrogen-bond acceptors (Lipinski definition) is 4. The molecule has 0 amide bonds. The fraction of sp³-hybridized carbons (Fsp3) is 0.500. The van der Waals surface area contributed by atoms with Crippen molar-refractivity contribution >= 4 is 11.7 Å². The van der Waals surface area contributed by atoms with Crippen LogP contribution < -0.4 is 0 Å². The van der Waals surface area contributed by atoms with Gasteiger partial charge in [0.2, 0.25) is 0 Å². The standard InChI is InChI=1S/C26H35NO4/c1-19(2)22-16-15-21(4)10-7-9-20(3)11-8-12-23(18-17-22)31-26(28)24-13-5-6-14-25(24)27(29)30/h5-6,10-11,13-14,17-19,22-23H,7-9,12,15-16H2,1-4H3/b18-17-,20-11+,21-10+/t22-,23-/m1/s1. The van der Waals surface area contributed by atoms with E-state index in [0.717, 1.165) is 32.1 Å². The van der Waals surface area contributed by atoms with Gasteiger partial charge in [-0.3, -0.25) is 10.1 Å². The van der Waals surface area contributed by atoms with Crippen LogP contribution in [0.3, 0.4) is 0 Å². The minimum absolute atomic E-state index is 0.00630. The largest absolute Gasteiger partial charge is 0.454 e. The fourth-order valence-electron chi connectivity index (χ4n) is 3.76. The zero-order valence-electron chi connectivity index (χ0n) is 19.2. The summed E-state index contributed by atoms with van der Waals surface area (Å²) in [7, 11) is 0. The molecule has 1 aromatic rings. The number of rotatable bonds is 4. The van der Waals surface area contributed by atoms with Crippen LogP contribution in [0.15, 0.2) is 59.7 Å². The first-order valence-electron chi connectivity index (χ1n) is 11.2. The Bertz CT molecular complexity index is 851. The number of nitro groups is 1. The van der Waals surface area contributed by atoms with E-state index in [4.69, 9.17) is 4.74 Å². The SMILES string of the molecule is C/C1=C\CC[C@@H](OC(=O)c2ccccc2[N+](=O)[O-])/C=C\[C@H](C(C)C)CC/C(C)=C/CC1. The molecule has 168 valence electrons. The van der Waals surface area contributed by atoms with Crippen LogP contribution in [0.5, 0.6) is 0 Å². The predicted molar refractivity (Wildman–Crippen MR) is 125 cm³/mol. The van der Waals surface area contributed by atoms with Gasteiger partial charge in [0, 0.05) is 6.07 Å². The molecule has 0 spiro atoms. The van der Waals surface area contributed by atoms with E-state index in [2.05, 4.69) is 45.9 Å². The van der Waals surface area contributed by atoms with Crippen LogP contribution in [-0.2, 0) is 4.74 Å².